The fraction of sp³-hybridized carbons (Fsp3) is 0.727. The molecule has 1 unspecified atom stereocenters. The maximum atomic E-state index is 11.6. The molecule has 1 aliphatic rings. The molecule has 0 saturated heterocycles. The van der Waals surface area contributed by atoms with E-state index in [1.54, 1.807) is 0 Å². The Kier molecular flexibility index (Phi) is 3.99. The topological polar surface area (TPSA) is 59.8 Å². The normalized spacial score (nSPS) is 15.6. The van der Waals surface area contributed by atoms with Gasteiger partial charge < -0.3 is 9.88 Å². The molecular weight excluding hydrogens is 240 g/mol. The van der Waals surface area contributed by atoms with Gasteiger partial charge in [-0.2, -0.15) is 0 Å². The summed E-state index contributed by atoms with van der Waals surface area (Å²) in [7, 11) is 0. The quantitative estimate of drug-likeness (QED) is 0.811. The van der Waals surface area contributed by atoms with Crippen LogP contribution in [0.5, 0.6) is 0 Å². The number of nitrogens with one attached hydrogen (secondary N) is 1. The second-order valence-corrected chi connectivity index (χ2v) is 4.69. The van der Waals surface area contributed by atoms with Crippen molar-refractivity contribution in [2.45, 2.75) is 45.2 Å². The van der Waals surface area contributed by atoms with Crippen LogP contribution in [0, 0.1) is 0 Å². The van der Waals surface area contributed by atoms with E-state index in [0.29, 0.717) is 18.7 Å². The van der Waals surface area contributed by atoms with Crippen molar-refractivity contribution in [1.29, 1.82) is 0 Å². The van der Waals surface area contributed by atoms with E-state index in [2.05, 4.69) is 20.1 Å². The maximum absolute atomic E-state index is 11.6. The van der Waals surface area contributed by atoms with Crippen molar-refractivity contribution < 1.29 is 4.79 Å². The average molecular weight is 257 g/mol. The molecule has 1 atom stereocenters. The van der Waals surface area contributed by atoms with Crippen LogP contribution in [0.25, 0.3) is 0 Å². The molecule has 0 aliphatic carbocycles. The fourth-order valence-electron chi connectivity index (χ4n) is 2.10. The number of nitrogens with zero attached hydrogens (tertiary/aromatic N) is 3. The molecule has 0 fully saturated rings. The van der Waals surface area contributed by atoms with Gasteiger partial charge in [-0.1, -0.05) is 0 Å². The van der Waals surface area contributed by atoms with Gasteiger partial charge >= 0.3 is 0 Å². The van der Waals surface area contributed by atoms with E-state index in [0.717, 1.165) is 31.0 Å². The van der Waals surface area contributed by atoms with E-state index in [9.17, 15) is 4.79 Å². The van der Waals surface area contributed by atoms with Crippen molar-refractivity contribution in [1.82, 2.24) is 20.1 Å². The molecule has 1 N–H and O–H groups in total. The Hall–Kier alpha value is -1.10. The molecule has 5 nitrogen and oxygen atoms in total. The average Bonchev–Trinajstić information content (AvgIpc) is 2.87. The third-order valence-electron chi connectivity index (χ3n) is 2.94. The molecule has 6 heteroatoms. The lowest BCUT2D eigenvalue weighted by atomic mass is 10.2. The van der Waals surface area contributed by atoms with Crippen LogP contribution in [0.3, 0.4) is 0 Å². The second kappa shape index (κ2) is 5.49. The van der Waals surface area contributed by atoms with Crippen molar-refractivity contribution in [2.75, 3.05) is 5.88 Å². The van der Waals surface area contributed by atoms with Gasteiger partial charge in [0.2, 0.25) is 5.91 Å². The van der Waals surface area contributed by atoms with E-state index in [4.69, 9.17) is 11.6 Å². The summed E-state index contributed by atoms with van der Waals surface area (Å²) < 4.78 is 2.10. The predicted molar refractivity (Wildman–Crippen MR) is 64.9 cm³/mol. The van der Waals surface area contributed by atoms with Crippen LogP contribution < -0.4 is 5.32 Å². The third kappa shape index (κ3) is 2.77. The Morgan fingerprint density at radius 3 is 3.18 bits per heavy atom. The zero-order chi connectivity index (χ0) is 12.3. The summed E-state index contributed by atoms with van der Waals surface area (Å²) in [5, 5.41) is 11.2. The summed E-state index contributed by atoms with van der Waals surface area (Å²) in [6, 6.07) is -0.0859. The van der Waals surface area contributed by atoms with Gasteiger partial charge in [-0.05, 0) is 19.8 Å². The number of fused-ring (bicyclic) bond motifs is 1. The van der Waals surface area contributed by atoms with E-state index < -0.39 is 0 Å². The van der Waals surface area contributed by atoms with Crippen molar-refractivity contribution in [3.05, 3.63) is 11.6 Å². The van der Waals surface area contributed by atoms with Gasteiger partial charge in [0.05, 0.1) is 6.04 Å². The minimum atomic E-state index is -0.0859. The van der Waals surface area contributed by atoms with Crippen LogP contribution in [0.15, 0.2) is 0 Å². The summed E-state index contributed by atoms with van der Waals surface area (Å²) in [5.41, 5.74) is 0. The lowest BCUT2D eigenvalue weighted by Gasteiger charge is -2.13. The standard InChI is InChI=1S/C11H17ClN4O/c1-8(13-10(17)5-2-6-12)11-15-14-9-4-3-7-16(9)11/h8H,2-7H2,1H3,(H,13,17). The highest BCUT2D eigenvalue weighted by atomic mass is 35.5. The van der Waals surface area contributed by atoms with Gasteiger partial charge in [0, 0.05) is 25.3 Å². The van der Waals surface area contributed by atoms with E-state index in [1.807, 2.05) is 6.92 Å². The van der Waals surface area contributed by atoms with Crippen LogP contribution in [0.2, 0.25) is 0 Å². The minimum Gasteiger partial charge on any atom is -0.346 e. The Balaban J connectivity index is 1.95. The number of aromatic nitrogens is 3. The van der Waals surface area contributed by atoms with Gasteiger partial charge in [-0.25, -0.2) is 0 Å². The van der Waals surface area contributed by atoms with Gasteiger partial charge in [0.1, 0.15) is 5.82 Å². The first kappa shape index (κ1) is 12.4. The molecule has 0 aromatic carbocycles. The number of alkyl halides is 1. The zero-order valence-corrected chi connectivity index (χ0v) is 10.7. The smallest absolute Gasteiger partial charge is 0.220 e. The van der Waals surface area contributed by atoms with Crippen molar-refractivity contribution in [3.63, 3.8) is 0 Å². The second-order valence-electron chi connectivity index (χ2n) is 4.31. The lowest BCUT2D eigenvalue weighted by Crippen LogP contribution is -2.28. The van der Waals surface area contributed by atoms with Crippen LogP contribution in [0.4, 0.5) is 0 Å². The number of carbonyl (C=O) groups is 1. The van der Waals surface area contributed by atoms with Crippen LogP contribution in [-0.4, -0.2) is 26.6 Å². The molecule has 0 spiro atoms. The molecule has 1 amide bonds. The summed E-state index contributed by atoms with van der Waals surface area (Å²) in [6.45, 7) is 2.90. The molecule has 94 valence electrons. The van der Waals surface area contributed by atoms with Gasteiger partial charge in [-0.15, -0.1) is 21.8 Å². The summed E-state index contributed by atoms with van der Waals surface area (Å²) in [5.74, 6) is 2.43. The maximum Gasteiger partial charge on any atom is 0.220 e. The number of aryl methyl sites for hydroxylation is 1. The first-order chi connectivity index (χ1) is 8.22. The van der Waals surface area contributed by atoms with Gasteiger partial charge in [-0.3, -0.25) is 4.79 Å². The minimum absolute atomic E-state index is 0.0218. The van der Waals surface area contributed by atoms with Crippen molar-refractivity contribution >= 4 is 17.5 Å². The molecule has 1 aliphatic heterocycles. The molecule has 0 bridgehead atoms. The Labute approximate surface area is 106 Å². The Morgan fingerprint density at radius 2 is 2.41 bits per heavy atom. The number of hydrogen-bond acceptors (Lipinski definition) is 3. The SMILES string of the molecule is CC(NC(=O)CCCCl)c1nnc2n1CCC2. The number of halogens is 1. The Bertz CT molecular complexity index is 404. The third-order valence-corrected chi connectivity index (χ3v) is 3.21. The summed E-state index contributed by atoms with van der Waals surface area (Å²) in [4.78, 5) is 11.6. The fourth-order valence-corrected chi connectivity index (χ4v) is 2.23. The van der Waals surface area contributed by atoms with Gasteiger partial charge in [0.25, 0.3) is 0 Å². The van der Waals surface area contributed by atoms with Gasteiger partial charge in [0.15, 0.2) is 5.82 Å². The van der Waals surface area contributed by atoms with Crippen LogP contribution in [-0.2, 0) is 17.8 Å². The lowest BCUT2D eigenvalue weighted by molar-refractivity contribution is -0.121. The molecule has 1 aromatic rings. The zero-order valence-electron chi connectivity index (χ0n) is 9.95. The van der Waals surface area contributed by atoms with E-state index in [1.165, 1.54) is 0 Å². The summed E-state index contributed by atoms with van der Waals surface area (Å²) >= 11 is 5.55. The monoisotopic (exact) mass is 256 g/mol. The Morgan fingerprint density at radius 1 is 1.59 bits per heavy atom. The highest BCUT2D eigenvalue weighted by molar-refractivity contribution is 6.17. The number of rotatable bonds is 5. The van der Waals surface area contributed by atoms with E-state index >= 15 is 0 Å². The molecule has 17 heavy (non-hydrogen) atoms. The molecule has 0 radical (unpaired) electrons. The number of carbonyl (C=O) groups excluding carboxylic acids is 1. The van der Waals surface area contributed by atoms with Crippen LogP contribution >= 0.6 is 11.6 Å². The molecule has 1 aromatic heterocycles. The highest BCUT2D eigenvalue weighted by Crippen LogP contribution is 2.18. The van der Waals surface area contributed by atoms with Crippen molar-refractivity contribution in [3.8, 4) is 0 Å². The largest absolute Gasteiger partial charge is 0.346 e. The highest BCUT2D eigenvalue weighted by Gasteiger charge is 2.21. The van der Waals surface area contributed by atoms with Crippen molar-refractivity contribution in [2.24, 2.45) is 0 Å². The molecule has 2 rings (SSSR count). The first-order valence-corrected chi connectivity index (χ1v) is 6.53. The molecular formula is C11H17ClN4O. The molecule has 0 saturated carbocycles. The van der Waals surface area contributed by atoms with E-state index in [-0.39, 0.29) is 11.9 Å². The number of amides is 1. The number of hydrogen-bond donors (Lipinski definition) is 1. The van der Waals surface area contributed by atoms with Crippen LogP contribution in [0.1, 0.15) is 43.9 Å². The predicted octanol–water partition coefficient (Wildman–Crippen LogP) is 1.42. The first-order valence-electron chi connectivity index (χ1n) is 5.99. The summed E-state index contributed by atoms with van der Waals surface area (Å²) in [6.07, 6.45) is 3.28. The molecule has 2 heterocycles.